The van der Waals surface area contributed by atoms with Crippen molar-refractivity contribution in [2.45, 2.75) is 45.1 Å². The molecule has 4 heterocycles. The summed E-state index contributed by atoms with van der Waals surface area (Å²) < 4.78 is 5.69. The second-order valence-corrected chi connectivity index (χ2v) is 7.66. The van der Waals surface area contributed by atoms with E-state index >= 15 is 0 Å². The van der Waals surface area contributed by atoms with Crippen LogP contribution in [0.4, 0.5) is 11.5 Å². The van der Waals surface area contributed by atoms with Crippen LogP contribution in [0.25, 0.3) is 0 Å². The highest BCUT2D eigenvalue weighted by Crippen LogP contribution is 2.30. The molecule has 1 atom stereocenters. The molecule has 1 N–H and O–H groups in total. The lowest BCUT2D eigenvalue weighted by Gasteiger charge is -2.35. The number of aryl methyl sites for hydroxylation is 2. The van der Waals surface area contributed by atoms with Gasteiger partial charge < -0.3 is 9.73 Å². The molecule has 0 amide bonds. The summed E-state index contributed by atoms with van der Waals surface area (Å²) >= 11 is 0. The molecule has 1 fully saturated rings. The summed E-state index contributed by atoms with van der Waals surface area (Å²) in [5.74, 6) is 2.70. The Balaban J connectivity index is 1.36. The number of hydrogen-bond donors (Lipinski definition) is 1. The van der Waals surface area contributed by atoms with Crippen LogP contribution in [-0.2, 0) is 6.42 Å². The van der Waals surface area contributed by atoms with Gasteiger partial charge in [-0.15, -0.1) is 0 Å². The zero-order chi connectivity index (χ0) is 20.8. The van der Waals surface area contributed by atoms with Crippen molar-refractivity contribution in [3.8, 4) is 6.07 Å². The number of nitrogens with one attached hydrogen (secondary N) is 1. The van der Waals surface area contributed by atoms with E-state index in [0.717, 1.165) is 55.3 Å². The maximum atomic E-state index is 8.84. The van der Waals surface area contributed by atoms with Crippen molar-refractivity contribution < 1.29 is 4.42 Å². The Morgan fingerprint density at radius 3 is 2.77 bits per heavy atom. The predicted molar refractivity (Wildman–Crippen MR) is 114 cm³/mol. The van der Waals surface area contributed by atoms with Gasteiger partial charge in [0.2, 0.25) is 0 Å². The molecule has 3 aromatic heterocycles. The molecule has 154 valence electrons. The molecule has 1 aliphatic rings. The Bertz CT molecular complexity index is 990. The van der Waals surface area contributed by atoms with Crippen molar-refractivity contribution in [3.05, 3.63) is 65.8 Å². The molecule has 0 aliphatic carbocycles. The SMILES string of the molecule is Cc1ccc(CCCN2CCCCC2c2cnc(Nc3ccc(C#N)nc3)cn2)o1. The smallest absolute Gasteiger partial charge is 0.148 e. The fourth-order valence-electron chi connectivity index (χ4n) is 3.93. The number of likely N-dealkylation sites (tertiary alicyclic amines) is 1. The normalized spacial score (nSPS) is 16.9. The quantitative estimate of drug-likeness (QED) is 0.620. The summed E-state index contributed by atoms with van der Waals surface area (Å²) in [6.07, 6.45) is 10.9. The number of aromatic nitrogens is 3. The molecule has 1 saturated heterocycles. The third kappa shape index (κ3) is 5.02. The number of rotatable bonds is 7. The van der Waals surface area contributed by atoms with Crippen LogP contribution < -0.4 is 5.32 Å². The molecule has 7 heteroatoms. The molecule has 1 unspecified atom stereocenters. The fraction of sp³-hybridized carbons (Fsp3) is 0.391. The van der Waals surface area contributed by atoms with Crippen molar-refractivity contribution in [2.75, 3.05) is 18.4 Å². The summed E-state index contributed by atoms with van der Waals surface area (Å²) in [6.45, 7) is 4.11. The third-order valence-corrected chi connectivity index (χ3v) is 5.44. The lowest BCUT2D eigenvalue weighted by molar-refractivity contribution is 0.143. The highest BCUT2D eigenvalue weighted by Gasteiger charge is 2.25. The number of hydrogen-bond acceptors (Lipinski definition) is 7. The summed E-state index contributed by atoms with van der Waals surface area (Å²) in [6, 6.07) is 9.91. The third-order valence-electron chi connectivity index (χ3n) is 5.44. The van der Waals surface area contributed by atoms with Gasteiger partial charge in [0, 0.05) is 6.42 Å². The van der Waals surface area contributed by atoms with E-state index in [0.29, 0.717) is 17.6 Å². The topological polar surface area (TPSA) is 90.9 Å². The van der Waals surface area contributed by atoms with Gasteiger partial charge in [-0.3, -0.25) is 9.88 Å². The van der Waals surface area contributed by atoms with Crippen LogP contribution in [0.3, 0.4) is 0 Å². The lowest BCUT2D eigenvalue weighted by Crippen LogP contribution is -2.35. The number of pyridine rings is 1. The average Bonchev–Trinajstić information content (AvgIpc) is 3.20. The molecule has 30 heavy (non-hydrogen) atoms. The Morgan fingerprint density at radius 2 is 2.07 bits per heavy atom. The molecule has 0 saturated carbocycles. The minimum atomic E-state index is 0.315. The number of piperidine rings is 1. The first kappa shape index (κ1) is 20.0. The van der Waals surface area contributed by atoms with Gasteiger partial charge in [-0.25, -0.2) is 9.97 Å². The highest BCUT2D eigenvalue weighted by atomic mass is 16.3. The molecule has 1 aliphatic heterocycles. The average molecular weight is 403 g/mol. The highest BCUT2D eigenvalue weighted by molar-refractivity contribution is 5.54. The van der Waals surface area contributed by atoms with Gasteiger partial charge in [0.05, 0.1) is 36.0 Å². The maximum absolute atomic E-state index is 8.84. The van der Waals surface area contributed by atoms with Crippen molar-refractivity contribution in [1.29, 1.82) is 5.26 Å². The monoisotopic (exact) mass is 402 g/mol. The van der Waals surface area contributed by atoms with Crippen molar-refractivity contribution >= 4 is 11.5 Å². The Hall–Kier alpha value is -3.24. The largest absolute Gasteiger partial charge is 0.466 e. The molecular formula is C23H26N6O. The molecule has 7 nitrogen and oxygen atoms in total. The molecule has 0 radical (unpaired) electrons. The number of nitriles is 1. The second kappa shape index (κ2) is 9.51. The van der Waals surface area contributed by atoms with E-state index in [4.69, 9.17) is 14.7 Å². The second-order valence-electron chi connectivity index (χ2n) is 7.66. The minimum Gasteiger partial charge on any atom is -0.466 e. The van der Waals surface area contributed by atoms with E-state index in [2.05, 4.69) is 26.3 Å². The van der Waals surface area contributed by atoms with E-state index in [1.54, 1.807) is 18.5 Å². The Morgan fingerprint density at radius 1 is 1.13 bits per heavy atom. The first-order valence-corrected chi connectivity index (χ1v) is 10.5. The van der Waals surface area contributed by atoms with Crippen LogP contribution in [0.2, 0.25) is 0 Å². The van der Waals surface area contributed by atoms with Gasteiger partial charge in [-0.1, -0.05) is 6.42 Å². The molecule has 0 bridgehead atoms. The van der Waals surface area contributed by atoms with Crippen LogP contribution in [-0.4, -0.2) is 32.9 Å². The van der Waals surface area contributed by atoms with E-state index in [1.165, 1.54) is 12.8 Å². The molecular weight excluding hydrogens is 376 g/mol. The van der Waals surface area contributed by atoms with Gasteiger partial charge in [-0.2, -0.15) is 5.26 Å². The minimum absolute atomic E-state index is 0.315. The standard InChI is InChI=1S/C23H26N6O/c1-17-7-10-20(30-17)5-4-12-29-11-3-2-6-22(29)21-15-27-23(16-26-21)28-19-9-8-18(13-24)25-14-19/h7-10,14-16,22H,2-6,11-12H2,1H3,(H,27,28). The van der Waals surface area contributed by atoms with Gasteiger partial charge >= 0.3 is 0 Å². The van der Waals surface area contributed by atoms with Crippen LogP contribution in [0.15, 0.2) is 47.3 Å². The van der Waals surface area contributed by atoms with Crippen molar-refractivity contribution in [3.63, 3.8) is 0 Å². The Labute approximate surface area is 176 Å². The Kier molecular flexibility index (Phi) is 6.35. The summed E-state index contributed by atoms with van der Waals surface area (Å²) in [5, 5.41) is 12.0. The fourth-order valence-corrected chi connectivity index (χ4v) is 3.93. The first-order chi connectivity index (χ1) is 14.7. The van der Waals surface area contributed by atoms with E-state index in [-0.39, 0.29) is 0 Å². The van der Waals surface area contributed by atoms with Crippen LogP contribution in [0, 0.1) is 18.3 Å². The molecule has 0 aromatic carbocycles. The summed E-state index contributed by atoms with van der Waals surface area (Å²) in [4.78, 5) is 15.8. The zero-order valence-electron chi connectivity index (χ0n) is 17.2. The van der Waals surface area contributed by atoms with Crippen LogP contribution in [0.5, 0.6) is 0 Å². The lowest BCUT2D eigenvalue weighted by atomic mass is 9.99. The van der Waals surface area contributed by atoms with E-state index in [9.17, 15) is 0 Å². The van der Waals surface area contributed by atoms with Crippen LogP contribution >= 0.6 is 0 Å². The maximum Gasteiger partial charge on any atom is 0.148 e. The van der Waals surface area contributed by atoms with Crippen molar-refractivity contribution in [1.82, 2.24) is 19.9 Å². The number of furan rings is 1. The molecule has 4 rings (SSSR count). The van der Waals surface area contributed by atoms with Gasteiger partial charge in [-0.05, 0) is 63.5 Å². The van der Waals surface area contributed by atoms with Gasteiger partial charge in [0.1, 0.15) is 29.1 Å². The number of nitrogens with zero attached hydrogens (tertiary/aromatic N) is 5. The van der Waals surface area contributed by atoms with Crippen LogP contribution in [0.1, 0.15) is 54.6 Å². The van der Waals surface area contributed by atoms with E-state index < -0.39 is 0 Å². The molecule has 3 aromatic rings. The summed E-state index contributed by atoms with van der Waals surface area (Å²) in [7, 11) is 0. The van der Waals surface area contributed by atoms with Crippen molar-refractivity contribution in [2.24, 2.45) is 0 Å². The van der Waals surface area contributed by atoms with E-state index in [1.807, 2.05) is 31.3 Å². The summed E-state index contributed by atoms with van der Waals surface area (Å²) in [5.41, 5.74) is 2.19. The zero-order valence-corrected chi connectivity index (χ0v) is 17.2. The number of anilines is 2. The predicted octanol–water partition coefficient (Wildman–Crippen LogP) is 4.55. The first-order valence-electron chi connectivity index (χ1n) is 10.5. The molecule has 0 spiro atoms. The van der Waals surface area contributed by atoms with Gasteiger partial charge in [0.15, 0.2) is 0 Å². The van der Waals surface area contributed by atoms with Gasteiger partial charge in [0.25, 0.3) is 0 Å².